The molecule has 0 aliphatic carbocycles. The van der Waals surface area contributed by atoms with Crippen LogP contribution in [0, 0.1) is 0 Å². The average Bonchev–Trinajstić information content (AvgIpc) is 2.84. The van der Waals surface area contributed by atoms with Crippen LogP contribution < -0.4 is 0 Å². The molecule has 0 unspecified atom stereocenters. The first kappa shape index (κ1) is 9.45. The summed E-state index contributed by atoms with van der Waals surface area (Å²) < 4.78 is 36.5. The molecule has 1 aliphatic rings. The zero-order chi connectivity index (χ0) is 10.4. The molecule has 0 saturated heterocycles. The van der Waals surface area contributed by atoms with Crippen LogP contribution in [0.3, 0.4) is 0 Å². The fourth-order valence-corrected chi connectivity index (χ4v) is 1.19. The quantitative estimate of drug-likeness (QED) is 0.511. The zero-order valence-electron chi connectivity index (χ0n) is 6.72. The Hall–Kier alpha value is -1.10. The number of hydrogen-bond acceptors (Lipinski definition) is 2. The molecule has 0 amide bonds. The molecular formula is C8H4ClF3N2. The second kappa shape index (κ2) is 2.70. The van der Waals surface area contributed by atoms with Crippen LogP contribution in [0.15, 0.2) is 34.5 Å². The van der Waals surface area contributed by atoms with Crippen LogP contribution in [-0.4, -0.2) is 0 Å². The van der Waals surface area contributed by atoms with E-state index in [-0.39, 0.29) is 0 Å². The highest BCUT2D eigenvalue weighted by Gasteiger charge is 2.40. The highest BCUT2D eigenvalue weighted by atomic mass is 35.5. The summed E-state index contributed by atoms with van der Waals surface area (Å²) in [6.45, 7) is 0. The largest absolute Gasteiger partial charge is 0.416 e. The molecule has 0 atom stereocenters. The first-order chi connectivity index (χ1) is 6.42. The fourth-order valence-electron chi connectivity index (χ4n) is 1.03. The molecule has 0 fully saturated rings. The fraction of sp³-hybridized carbons (Fsp3) is 0.250. The predicted octanol–water partition coefficient (Wildman–Crippen LogP) is 3.52. The van der Waals surface area contributed by atoms with Gasteiger partial charge in [0.05, 0.1) is 5.56 Å². The summed E-state index contributed by atoms with van der Waals surface area (Å²) in [6, 6.07) is 4.47. The van der Waals surface area contributed by atoms with E-state index in [2.05, 4.69) is 10.2 Å². The molecule has 2 rings (SSSR count). The van der Waals surface area contributed by atoms with Gasteiger partial charge in [0.15, 0.2) is 0 Å². The standard InChI is InChI=1S/C8H4ClF3N2/c9-7(13-14-7)5-1-3-6(4-2-5)8(10,11)12/h1-4H. The molecule has 1 aromatic rings. The van der Waals surface area contributed by atoms with E-state index in [0.717, 1.165) is 12.1 Å². The summed E-state index contributed by atoms with van der Waals surface area (Å²) in [5, 5.41) is 5.88. The summed E-state index contributed by atoms with van der Waals surface area (Å²) in [7, 11) is 0. The maximum atomic E-state index is 12.2. The van der Waals surface area contributed by atoms with Crippen molar-refractivity contribution in [2.75, 3.05) is 0 Å². The van der Waals surface area contributed by atoms with Crippen LogP contribution >= 0.6 is 11.6 Å². The van der Waals surface area contributed by atoms with Crippen molar-refractivity contribution >= 4 is 11.6 Å². The first-order valence-corrected chi connectivity index (χ1v) is 4.10. The van der Waals surface area contributed by atoms with Crippen molar-refractivity contribution in [1.29, 1.82) is 0 Å². The third kappa shape index (κ3) is 1.59. The van der Waals surface area contributed by atoms with Gasteiger partial charge in [-0.2, -0.15) is 13.2 Å². The summed E-state index contributed by atoms with van der Waals surface area (Å²) >= 11 is 5.72. The van der Waals surface area contributed by atoms with E-state index in [1.54, 1.807) is 0 Å². The molecule has 14 heavy (non-hydrogen) atoms. The van der Waals surface area contributed by atoms with Crippen LogP contribution in [0.1, 0.15) is 11.1 Å². The van der Waals surface area contributed by atoms with Gasteiger partial charge in [0.25, 0.3) is 5.12 Å². The lowest BCUT2D eigenvalue weighted by Crippen LogP contribution is -2.06. The number of nitrogens with zero attached hydrogens (tertiary/aromatic N) is 2. The number of halogens is 4. The maximum Gasteiger partial charge on any atom is 0.416 e. The normalized spacial score (nSPS) is 18.3. The van der Waals surface area contributed by atoms with Gasteiger partial charge < -0.3 is 0 Å². The molecule has 0 radical (unpaired) electrons. The Kier molecular flexibility index (Phi) is 1.82. The van der Waals surface area contributed by atoms with Crippen molar-refractivity contribution in [3.8, 4) is 0 Å². The molecule has 2 nitrogen and oxygen atoms in total. The Morgan fingerprint density at radius 3 is 1.93 bits per heavy atom. The number of benzene rings is 1. The minimum atomic E-state index is -4.32. The SMILES string of the molecule is FC(F)(F)c1ccc(C2(Cl)N=N2)cc1. The van der Waals surface area contributed by atoms with Gasteiger partial charge in [0, 0.05) is 5.56 Å². The lowest BCUT2D eigenvalue weighted by Gasteiger charge is -2.07. The molecule has 0 saturated carbocycles. The molecule has 0 spiro atoms. The average molecular weight is 221 g/mol. The van der Waals surface area contributed by atoms with Crippen molar-refractivity contribution < 1.29 is 13.2 Å². The Morgan fingerprint density at radius 2 is 1.57 bits per heavy atom. The van der Waals surface area contributed by atoms with Crippen LogP contribution in [0.2, 0.25) is 0 Å². The van der Waals surface area contributed by atoms with E-state index in [1.807, 2.05) is 0 Å². The zero-order valence-corrected chi connectivity index (χ0v) is 7.47. The molecule has 1 heterocycles. The minimum absolute atomic E-state index is 0.451. The Bertz CT molecular complexity index is 352. The summed E-state index contributed by atoms with van der Waals surface area (Å²) in [5.41, 5.74) is -0.255. The van der Waals surface area contributed by atoms with E-state index < -0.39 is 16.9 Å². The summed E-state index contributed by atoms with van der Waals surface area (Å²) in [6.07, 6.45) is -4.32. The molecule has 1 aliphatic heterocycles. The number of rotatable bonds is 1. The van der Waals surface area contributed by atoms with E-state index >= 15 is 0 Å². The van der Waals surface area contributed by atoms with Gasteiger partial charge in [0.1, 0.15) is 0 Å². The second-order valence-corrected chi connectivity index (χ2v) is 3.39. The van der Waals surface area contributed by atoms with Gasteiger partial charge in [-0.05, 0) is 12.1 Å². The highest BCUT2D eigenvalue weighted by molar-refractivity contribution is 6.24. The van der Waals surface area contributed by atoms with Crippen LogP contribution in [0.5, 0.6) is 0 Å². The van der Waals surface area contributed by atoms with Crippen molar-refractivity contribution in [2.45, 2.75) is 11.3 Å². The Morgan fingerprint density at radius 1 is 1.07 bits per heavy atom. The second-order valence-electron chi connectivity index (χ2n) is 2.86. The van der Waals surface area contributed by atoms with Crippen LogP contribution in [-0.2, 0) is 11.3 Å². The lowest BCUT2D eigenvalue weighted by atomic mass is 10.1. The van der Waals surface area contributed by atoms with Crippen LogP contribution in [0.4, 0.5) is 13.2 Å². The number of hydrogen-bond donors (Lipinski definition) is 0. The molecular weight excluding hydrogens is 217 g/mol. The first-order valence-electron chi connectivity index (χ1n) is 3.72. The topological polar surface area (TPSA) is 24.7 Å². The van der Waals surface area contributed by atoms with Gasteiger partial charge in [-0.25, -0.2) is 0 Å². The lowest BCUT2D eigenvalue weighted by molar-refractivity contribution is -0.137. The van der Waals surface area contributed by atoms with E-state index in [1.165, 1.54) is 12.1 Å². The third-order valence-electron chi connectivity index (χ3n) is 1.86. The van der Waals surface area contributed by atoms with Gasteiger partial charge >= 0.3 is 6.18 Å². The van der Waals surface area contributed by atoms with Crippen LogP contribution in [0.25, 0.3) is 0 Å². The molecule has 6 heteroatoms. The van der Waals surface area contributed by atoms with Crippen molar-refractivity contribution in [3.63, 3.8) is 0 Å². The van der Waals surface area contributed by atoms with Gasteiger partial charge in [-0.3, -0.25) is 0 Å². The van der Waals surface area contributed by atoms with Gasteiger partial charge in [-0.15, -0.1) is 10.2 Å². The van der Waals surface area contributed by atoms with E-state index in [9.17, 15) is 13.2 Å². The highest BCUT2D eigenvalue weighted by Crippen LogP contribution is 2.44. The molecule has 74 valence electrons. The van der Waals surface area contributed by atoms with E-state index in [0.29, 0.717) is 5.56 Å². The van der Waals surface area contributed by atoms with E-state index in [4.69, 9.17) is 11.6 Å². The molecule has 0 bridgehead atoms. The minimum Gasteiger partial charge on any atom is -0.166 e. The monoisotopic (exact) mass is 220 g/mol. The Balaban J connectivity index is 2.27. The van der Waals surface area contributed by atoms with Crippen molar-refractivity contribution in [3.05, 3.63) is 35.4 Å². The Labute approximate surface area is 82.4 Å². The summed E-state index contributed by atoms with van der Waals surface area (Å²) in [5.74, 6) is 0. The molecule has 0 aromatic heterocycles. The molecule has 0 N–H and O–H groups in total. The van der Waals surface area contributed by atoms with Gasteiger partial charge in [0.2, 0.25) is 0 Å². The molecule has 1 aromatic carbocycles. The van der Waals surface area contributed by atoms with Crippen molar-refractivity contribution in [2.24, 2.45) is 10.2 Å². The number of alkyl halides is 4. The summed E-state index contributed by atoms with van der Waals surface area (Å²) in [4.78, 5) is 0. The smallest absolute Gasteiger partial charge is 0.166 e. The van der Waals surface area contributed by atoms with Crippen molar-refractivity contribution in [1.82, 2.24) is 0 Å². The third-order valence-corrected chi connectivity index (χ3v) is 2.22. The predicted molar refractivity (Wildman–Crippen MR) is 43.8 cm³/mol. The maximum absolute atomic E-state index is 12.2. The van der Waals surface area contributed by atoms with Gasteiger partial charge in [-0.1, -0.05) is 23.7 Å².